The van der Waals surface area contributed by atoms with Gasteiger partial charge in [0.2, 0.25) is 0 Å². The maximum atomic E-state index is 13.1. The number of ether oxygens (including phenoxy) is 1. The number of hydrogen-bond donors (Lipinski definition) is 1. The standard InChI is InChI=1S/C10H14F2IN2O/c1-13-9-4-3-8(5-15-9)16-7-10(11,12)6-14-2/h3-5,14H,6-7H2,1-2H3/q-1. The van der Waals surface area contributed by atoms with E-state index >= 15 is 0 Å². The van der Waals surface area contributed by atoms with Crippen molar-refractivity contribution in [2.75, 3.05) is 25.1 Å². The fourth-order valence-corrected chi connectivity index (χ4v) is 2.02. The van der Waals surface area contributed by atoms with Crippen LogP contribution in [0, 0.1) is 3.70 Å². The van der Waals surface area contributed by atoms with Crippen LogP contribution in [0.4, 0.5) is 8.78 Å². The molecule has 0 bridgehead atoms. The molecule has 1 aromatic rings. The van der Waals surface area contributed by atoms with Crippen LogP contribution in [0.3, 0.4) is 0 Å². The summed E-state index contributed by atoms with van der Waals surface area (Å²) in [6, 6.07) is 3.50. The van der Waals surface area contributed by atoms with Crippen molar-refractivity contribution in [2.24, 2.45) is 0 Å². The predicted octanol–water partition coefficient (Wildman–Crippen LogP) is -1.80. The van der Waals surface area contributed by atoms with Gasteiger partial charge >= 0.3 is 104 Å². The van der Waals surface area contributed by atoms with Gasteiger partial charge in [-0.2, -0.15) is 0 Å². The Hall–Kier alpha value is -0.500. The minimum absolute atomic E-state index is 0.0671. The van der Waals surface area contributed by atoms with Crippen LogP contribution in [0.25, 0.3) is 0 Å². The molecule has 0 unspecified atom stereocenters. The number of nitrogens with one attached hydrogen (secondary N) is 1. The molecule has 0 fully saturated rings. The molecule has 3 nitrogen and oxygen atoms in total. The van der Waals surface area contributed by atoms with Crippen LogP contribution in [0.1, 0.15) is 0 Å². The summed E-state index contributed by atoms with van der Waals surface area (Å²) in [5, 5.41) is 2.42. The van der Waals surface area contributed by atoms with Crippen LogP contribution in [-0.4, -0.2) is 36.0 Å². The van der Waals surface area contributed by atoms with E-state index in [1.165, 1.54) is 13.2 Å². The summed E-state index contributed by atoms with van der Waals surface area (Å²) >= 11 is -0.0671. The van der Waals surface area contributed by atoms with Crippen molar-refractivity contribution in [3.63, 3.8) is 0 Å². The van der Waals surface area contributed by atoms with E-state index < -0.39 is 12.5 Å². The van der Waals surface area contributed by atoms with E-state index in [1.807, 2.05) is 6.07 Å². The van der Waals surface area contributed by atoms with Gasteiger partial charge in [-0.05, 0) is 0 Å². The van der Waals surface area contributed by atoms with Gasteiger partial charge in [0.25, 0.3) is 0 Å². The van der Waals surface area contributed by atoms with Crippen LogP contribution < -0.4 is 31.3 Å². The average Bonchev–Trinajstić information content (AvgIpc) is 2.27. The van der Waals surface area contributed by atoms with E-state index in [-0.39, 0.29) is 27.7 Å². The fraction of sp³-hybridized carbons (Fsp3) is 0.500. The van der Waals surface area contributed by atoms with Gasteiger partial charge in [-0.3, -0.25) is 0 Å². The van der Waals surface area contributed by atoms with Gasteiger partial charge in [-0.25, -0.2) is 0 Å². The van der Waals surface area contributed by atoms with Crippen LogP contribution in [0.2, 0.25) is 0 Å². The summed E-state index contributed by atoms with van der Waals surface area (Å²) < 4.78 is 32.1. The Morgan fingerprint density at radius 1 is 1.50 bits per heavy atom. The van der Waals surface area contributed by atoms with Gasteiger partial charge in [0.1, 0.15) is 0 Å². The van der Waals surface area contributed by atoms with E-state index in [2.05, 4.69) is 15.2 Å². The van der Waals surface area contributed by atoms with Gasteiger partial charge in [0, 0.05) is 0 Å². The van der Waals surface area contributed by atoms with E-state index in [9.17, 15) is 8.78 Å². The molecular formula is C10H14F2IN2O-. The molecule has 0 amide bonds. The number of nitrogens with zero attached hydrogens (tertiary/aromatic N) is 1. The van der Waals surface area contributed by atoms with Crippen molar-refractivity contribution in [1.29, 1.82) is 0 Å². The molecule has 16 heavy (non-hydrogen) atoms. The molecule has 0 spiro atoms. The van der Waals surface area contributed by atoms with E-state index in [0.717, 1.165) is 3.70 Å². The third-order valence-electron chi connectivity index (χ3n) is 1.78. The van der Waals surface area contributed by atoms with Crippen LogP contribution in [0.5, 0.6) is 5.75 Å². The Labute approximate surface area is 104 Å². The quantitative estimate of drug-likeness (QED) is 0.376. The summed E-state index contributed by atoms with van der Waals surface area (Å²) in [6.07, 6.45) is 1.49. The van der Waals surface area contributed by atoms with E-state index in [0.29, 0.717) is 5.75 Å². The molecule has 6 heteroatoms. The second-order valence-electron chi connectivity index (χ2n) is 3.18. The van der Waals surface area contributed by atoms with Gasteiger partial charge in [0.15, 0.2) is 0 Å². The van der Waals surface area contributed by atoms with Gasteiger partial charge < -0.3 is 0 Å². The normalized spacial score (nSPS) is 11.8. The molecule has 0 aliphatic rings. The molecule has 0 saturated carbocycles. The zero-order valence-electron chi connectivity index (χ0n) is 9.14. The molecule has 1 N–H and O–H groups in total. The van der Waals surface area contributed by atoms with Crippen molar-refractivity contribution in [3.05, 3.63) is 22.0 Å². The van der Waals surface area contributed by atoms with Gasteiger partial charge in [-0.15, -0.1) is 0 Å². The van der Waals surface area contributed by atoms with Crippen molar-refractivity contribution in [3.8, 4) is 5.75 Å². The monoisotopic (exact) mass is 343 g/mol. The molecule has 1 rings (SSSR count). The first-order valence-corrected chi connectivity index (χ1v) is 7.92. The van der Waals surface area contributed by atoms with Gasteiger partial charge in [-0.1, -0.05) is 0 Å². The molecule has 1 heterocycles. The molecule has 0 atom stereocenters. The van der Waals surface area contributed by atoms with E-state index in [4.69, 9.17) is 4.74 Å². The summed E-state index contributed by atoms with van der Waals surface area (Å²) in [6.45, 7) is -1.02. The Kier molecular flexibility index (Phi) is 5.33. The number of halogens is 3. The number of aromatic nitrogens is 1. The third kappa shape index (κ3) is 4.56. The number of rotatable bonds is 6. The first-order chi connectivity index (χ1) is 7.57. The van der Waals surface area contributed by atoms with Crippen molar-refractivity contribution in [2.45, 2.75) is 5.92 Å². The third-order valence-corrected chi connectivity index (χ3v) is 3.52. The first-order valence-electron chi connectivity index (χ1n) is 4.68. The minimum atomic E-state index is -2.86. The maximum absolute atomic E-state index is 13.1. The number of hydrogen-bond acceptors (Lipinski definition) is 3. The Bertz CT molecular complexity index is 319. The molecule has 0 radical (unpaired) electrons. The topological polar surface area (TPSA) is 34.1 Å². The molecule has 0 saturated heterocycles. The second-order valence-corrected chi connectivity index (χ2v) is 5.36. The summed E-state index contributed by atoms with van der Waals surface area (Å²) in [4.78, 5) is 6.19. The molecule has 0 aromatic carbocycles. The van der Waals surface area contributed by atoms with Crippen LogP contribution >= 0.6 is 0 Å². The number of alkyl halides is 3. The molecule has 92 valence electrons. The summed E-state index contributed by atoms with van der Waals surface area (Å²) in [5.74, 6) is -2.47. The first kappa shape index (κ1) is 13.6. The van der Waals surface area contributed by atoms with E-state index in [1.54, 1.807) is 6.07 Å². The fourth-order valence-electron chi connectivity index (χ4n) is 1.06. The Balaban J connectivity index is 2.48. The Morgan fingerprint density at radius 3 is 2.75 bits per heavy atom. The molecular weight excluding hydrogens is 329 g/mol. The molecule has 0 aliphatic carbocycles. The average molecular weight is 343 g/mol. The van der Waals surface area contributed by atoms with Gasteiger partial charge in [0.05, 0.1) is 0 Å². The van der Waals surface area contributed by atoms with Crippen molar-refractivity contribution < 1.29 is 34.7 Å². The summed E-state index contributed by atoms with van der Waals surface area (Å²) in [5.41, 5.74) is 0. The molecule has 0 aliphatic heterocycles. The SMILES string of the molecule is CNCC(F)(F)COc1ccc([I-]C)nc1. The van der Waals surface area contributed by atoms with Crippen molar-refractivity contribution in [1.82, 2.24) is 10.3 Å². The molecule has 1 aromatic heterocycles. The van der Waals surface area contributed by atoms with Crippen LogP contribution in [0.15, 0.2) is 18.3 Å². The zero-order valence-corrected chi connectivity index (χ0v) is 11.3. The Morgan fingerprint density at radius 2 is 2.25 bits per heavy atom. The zero-order chi connectivity index (χ0) is 12.0. The predicted molar refractivity (Wildman–Crippen MR) is 53.2 cm³/mol. The van der Waals surface area contributed by atoms with Crippen LogP contribution in [-0.2, 0) is 0 Å². The number of pyridine rings is 1. The summed E-state index contributed by atoms with van der Waals surface area (Å²) in [7, 11) is 1.48. The second kappa shape index (κ2) is 6.29. The van der Waals surface area contributed by atoms with Crippen molar-refractivity contribution >= 4 is 0 Å².